The van der Waals surface area contributed by atoms with E-state index in [1.54, 1.807) is 12.1 Å². The number of aromatic carboxylic acids is 1. The summed E-state index contributed by atoms with van der Waals surface area (Å²) in [6.07, 6.45) is 0. The van der Waals surface area contributed by atoms with Crippen LogP contribution in [-0.2, 0) is 0 Å². The molecule has 0 atom stereocenters. The lowest BCUT2D eigenvalue weighted by molar-refractivity contribution is 0.0697. The van der Waals surface area contributed by atoms with Crippen LogP contribution in [0.4, 0.5) is 0 Å². The SMILES string of the molecule is O=C(O)c1ccc2ccc(-c3cccc(-c4ccccc4)c3)cc2c1. The molecule has 0 bridgehead atoms. The highest BCUT2D eigenvalue weighted by Crippen LogP contribution is 2.29. The van der Waals surface area contributed by atoms with Crippen molar-refractivity contribution in [2.24, 2.45) is 0 Å². The van der Waals surface area contributed by atoms with Crippen LogP contribution in [0.2, 0.25) is 0 Å². The van der Waals surface area contributed by atoms with Gasteiger partial charge in [-0.1, -0.05) is 66.7 Å². The quantitative estimate of drug-likeness (QED) is 0.511. The molecule has 0 saturated carbocycles. The Bertz CT molecular complexity index is 1070. The van der Waals surface area contributed by atoms with Gasteiger partial charge in [0.2, 0.25) is 0 Å². The van der Waals surface area contributed by atoms with Gasteiger partial charge in [0, 0.05) is 0 Å². The third-order valence-electron chi connectivity index (χ3n) is 4.39. The van der Waals surface area contributed by atoms with E-state index in [4.69, 9.17) is 0 Å². The van der Waals surface area contributed by atoms with E-state index in [0.29, 0.717) is 5.56 Å². The molecule has 0 radical (unpaired) electrons. The van der Waals surface area contributed by atoms with Crippen LogP contribution in [0.1, 0.15) is 10.4 Å². The topological polar surface area (TPSA) is 37.3 Å². The molecule has 4 aromatic carbocycles. The van der Waals surface area contributed by atoms with Gasteiger partial charge in [-0.05, 0) is 57.3 Å². The van der Waals surface area contributed by atoms with Crippen molar-refractivity contribution in [2.75, 3.05) is 0 Å². The Kier molecular flexibility index (Phi) is 3.79. The molecule has 0 heterocycles. The number of carboxylic acids is 1. The van der Waals surface area contributed by atoms with Crippen LogP contribution in [0.5, 0.6) is 0 Å². The second-order valence-electron chi connectivity index (χ2n) is 6.03. The van der Waals surface area contributed by atoms with Crippen LogP contribution in [0.3, 0.4) is 0 Å². The summed E-state index contributed by atoms with van der Waals surface area (Å²) in [4.78, 5) is 11.2. The molecule has 0 aliphatic heterocycles. The minimum Gasteiger partial charge on any atom is -0.478 e. The molecule has 0 aliphatic carbocycles. The van der Waals surface area contributed by atoms with E-state index in [-0.39, 0.29) is 0 Å². The highest BCUT2D eigenvalue weighted by atomic mass is 16.4. The number of fused-ring (bicyclic) bond motifs is 1. The van der Waals surface area contributed by atoms with Crippen molar-refractivity contribution in [3.05, 3.63) is 96.6 Å². The molecule has 0 unspecified atom stereocenters. The predicted octanol–water partition coefficient (Wildman–Crippen LogP) is 5.87. The van der Waals surface area contributed by atoms with Crippen LogP contribution in [0.25, 0.3) is 33.0 Å². The molecule has 25 heavy (non-hydrogen) atoms. The van der Waals surface area contributed by atoms with Crippen molar-refractivity contribution >= 4 is 16.7 Å². The molecule has 2 nitrogen and oxygen atoms in total. The second-order valence-corrected chi connectivity index (χ2v) is 6.03. The standard InChI is InChI=1S/C23H16O2/c24-23(25)21-12-10-17-9-11-20(14-22(17)15-21)19-8-4-7-18(13-19)16-5-2-1-3-6-16/h1-15H,(H,24,25). The molecule has 0 amide bonds. The first kappa shape index (κ1) is 15.2. The van der Waals surface area contributed by atoms with E-state index in [2.05, 4.69) is 42.5 Å². The van der Waals surface area contributed by atoms with E-state index in [1.807, 2.05) is 36.4 Å². The summed E-state index contributed by atoms with van der Waals surface area (Å²) in [5.41, 5.74) is 4.84. The lowest BCUT2D eigenvalue weighted by Crippen LogP contribution is -1.95. The first-order valence-corrected chi connectivity index (χ1v) is 8.14. The lowest BCUT2D eigenvalue weighted by atomic mass is 9.97. The smallest absolute Gasteiger partial charge is 0.335 e. The molecule has 0 aromatic heterocycles. The van der Waals surface area contributed by atoms with Gasteiger partial charge in [0.25, 0.3) is 0 Å². The van der Waals surface area contributed by atoms with E-state index in [0.717, 1.165) is 27.5 Å². The van der Waals surface area contributed by atoms with Crippen LogP contribution < -0.4 is 0 Å². The van der Waals surface area contributed by atoms with Crippen molar-refractivity contribution in [2.45, 2.75) is 0 Å². The Morgan fingerprint density at radius 1 is 0.560 bits per heavy atom. The molecule has 4 rings (SSSR count). The van der Waals surface area contributed by atoms with Crippen LogP contribution in [0, 0.1) is 0 Å². The lowest BCUT2D eigenvalue weighted by Gasteiger charge is -2.08. The number of hydrogen-bond donors (Lipinski definition) is 1. The monoisotopic (exact) mass is 324 g/mol. The fourth-order valence-corrected chi connectivity index (χ4v) is 3.07. The molecule has 4 aromatic rings. The molecule has 120 valence electrons. The number of carbonyl (C=O) groups is 1. The fraction of sp³-hybridized carbons (Fsp3) is 0. The predicted molar refractivity (Wildman–Crippen MR) is 102 cm³/mol. The minimum atomic E-state index is -0.904. The summed E-state index contributed by atoms with van der Waals surface area (Å²) < 4.78 is 0. The molecule has 0 spiro atoms. The van der Waals surface area contributed by atoms with Crippen molar-refractivity contribution in [1.29, 1.82) is 0 Å². The molecule has 1 N–H and O–H groups in total. The van der Waals surface area contributed by atoms with Crippen molar-refractivity contribution < 1.29 is 9.90 Å². The van der Waals surface area contributed by atoms with E-state index in [9.17, 15) is 9.90 Å². The number of carboxylic acid groups (broad SMARTS) is 1. The Balaban J connectivity index is 1.80. The van der Waals surface area contributed by atoms with Gasteiger partial charge in [0.05, 0.1) is 5.56 Å². The van der Waals surface area contributed by atoms with Crippen molar-refractivity contribution in [3.63, 3.8) is 0 Å². The average Bonchev–Trinajstić information content (AvgIpc) is 2.68. The molecular weight excluding hydrogens is 308 g/mol. The Morgan fingerprint density at radius 2 is 1.20 bits per heavy atom. The van der Waals surface area contributed by atoms with Crippen LogP contribution >= 0.6 is 0 Å². The van der Waals surface area contributed by atoms with Gasteiger partial charge in [0.15, 0.2) is 0 Å². The summed E-state index contributed by atoms with van der Waals surface area (Å²) in [6, 6.07) is 30.0. The van der Waals surface area contributed by atoms with E-state index < -0.39 is 5.97 Å². The van der Waals surface area contributed by atoms with Gasteiger partial charge in [-0.2, -0.15) is 0 Å². The maximum atomic E-state index is 11.2. The zero-order valence-corrected chi connectivity index (χ0v) is 13.5. The molecule has 0 aliphatic rings. The summed E-state index contributed by atoms with van der Waals surface area (Å²) in [5.74, 6) is -0.904. The maximum absolute atomic E-state index is 11.2. The summed E-state index contributed by atoms with van der Waals surface area (Å²) >= 11 is 0. The number of rotatable bonds is 3. The molecule has 0 fully saturated rings. The number of hydrogen-bond acceptors (Lipinski definition) is 1. The molecule has 2 heteroatoms. The molecule has 0 saturated heterocycles. The van der Waals surface area contributed by atoms with Gasteiger partial charge in [-0.25, -0.2) is 4.79 Å². The molecular formula is C23H16O2. The minimum absolute atomic E-state index is 0.308. The van der Waals surface area contributed by atoms with E-state index >= 15 is 0 Å². The normalized spacial score (nSPS) is 10.7. The van der Waals surface area contributed by atoms with Crippen molar-refractivity contribution in [1.82, 2.24) is 0 Å². The second kappa shape index (κ2) is 6.25. The summed E-state index contributed by atoms with van der Waals surface area (Å²) in [6.45, 7) is 0. The average molecular weight is 324 g/mol. The summed E-state index contributed by atoms with van der Waals surface area (Å²) in [5, 5.41) is 11.2. The first-order valence-electron chi connectivity index (χ1n) is 8.14. The van der Waals surface area contributed by atoms with Crippen molar-refractivity contribution in [3.8, 4) is 22.3 Å². The van der Waals surface area contributed by atoms with Gasteiger partial charge in [-0.15, -0.1) is 0 Å². The highest BCUT2D eigenvalue weighted by molar-refractivity contribution is 5.96. The van der Waals surface area contributed by atoms with Gasteiger partial charge >= 0.3 is 5.97 Å². The van der Waals surface area contributed by atoms with E-state index in [1.165, 1.54) is 5.56 Å². The largest absolute Gasteiger partial charge is 0.478 e. The Morgan fingerprint density at radius 3 is 1.96 bits per heavy atom. The Hall–Kier alpha value is -3.39. The van der Waals surface area contributed by atoms with Gasteiger partial charge in [0.1, 0.15) is 0 Å². The highest BCUT2D eigenvalue weighted by Gasteiger charge is 2.06. The van der Waals surface area contributed by atoms with Crippen LogP contribution in [0.15, 0.2) is 91.0 Å². The first-order chi connectivity index (χ1) is 12.2. The third kappa shape index (κ3) is 3.02. The number of benzene rings is 4. The third-order valence-corrected chi connectivity index (χ3v) is 4.39. The maximum Gasteiger partial charge on any atom is 0.335 e. The zero-order valence-electron chi connectivity index (χ0n) is 13.5. The van der Waals surface area contributed by atoms with Crippen LogP contribution in [-0.4, -0.2) is 11.1 Å². The fourth-order valence-electron chi connectivity index (χ4n) is 3.07. The zero-order chi connectivity index (χ0) is 17.2. The Labute approximate surface area is 146 Å². The van der Waals surface area contributed by atoms with Gasteiger partial charge in [-0.3, -0.25) is 0 Å². The summed E-state index contributed by atoms with van der Waals surface area (Å²) in [7, 11) is 0. The van der Waals surface area contributed by atoms with Gasteiger partial charge < -0.3 is 5.11 Å².